The molecule has 92 valence electrons. The molecule has 0 aliphatic carbocycles. The van der Waals surface area contributed by atoms with E-state index in [1.54, 1.807) is 6.07 Å². The van der Waals surface area contributed by atoms with Crippen molar-refractivity contribution in [2.24, 2.45) is 10.2 Å². The van der Waals surface area contributed by atoms with Gasteiger partial charge in [-0.3, -0.25) is 0 Å². The Labute approximate surface area is 120 Å². The Kier molecular flexibility index (Phi) is 4.30. The molecular weight excluding hydrogens is 339 g/mol. The Hall–Kier alpha value is -1.43. The minimum absolute atomic E-state index is 0.154. The fourth-order valence-electron chi connectivity index (χ4n) is 1.49. The molecule has 0 aliphatic rings. The van der Waals surface area contributed by atoms with Crippen LogP contribution in [-0.4, -0.2) is 5.11 Å². The first kappa shape index (κ1) is 13.0. The molecule has 0 atom stereocenters. The molecule has 2 rings (SSSR count). The van der Waals surface area contributed by atoms with Gasteiger partial charge in [0, 0.05) is 3.57 Å². The van der Waals surface area contributed by atoms with Crippen molar-refractivity contribution in [3.63, 3.8) is 0 Å². The molecule has 0 bridgehead atoms. The van der Waals surface area contributed by atoms with Crippen molar-refractivity contribution in [2.45, 2.75) is 13.3 Å². The first-order valence-corrected chi connectivity index (χ1v) is 6.76. The number of rotatable bonds is 3. The molecule has 0 spiro atoms. The van der Waals surface area contributed by atoms with Gasteiger partial charge in [0.15, 0.2) is 0 Å². The number of hydrogen-bond donors (Lipinski definition) is 1. The minimum Gasteiger partial charge on any atom is -0.506 e. The summed E-state index contributed by atoms with van der Waals surface area (Å²) in [4.78, 5) is 0. The molecule has 0 aliphatic heterocycles. The topological polar surface area (TPSA) is 45.0 Å². The van der Waals surface area contributed by atoms with Gasteiger partial charge in [-0.2, -0.15) is 5.11 Å². The molecule has 18 heavy (non-hydrogen) atoms. The highest BCUT2D eigenvalue weighted by Crippen LogP contribution is 2.29. The van der Waals surface area contributed by atoms with E-state index in [9.17, 15) is 5.11 Å². The lowest BCUT2D eigenvalue weighted by Gasteiger charge is -2.01. The van der Waals surface area contributed by atoms with Crippen molar-refractivity contribution in [3.8, 4) is 5.75 Å². The Morgan fingerprint density at radius 3 is 2.44 bits per heavy atom. The van der Waals surface area contributed by atoms with Crippen molar-refractivity contribution in [1.29, 1.82) is 0 Å². The number of hydrogen-bond acceptors (Lipinski definition) is 3. The smallest absolute Gasteiger partial charge is 0.143 e. The maximum atomic E-state index is 9.70. The van der Waals surface area contributed by atoms with E-state index in [0.717, 1.165) is 21.2 Å². The van der Waals surface area contributed by atoms with E-state index in [-0.39, 0.29) is 5.75 Å². The van der Waals surface area contributed by atoms with E-state index in [1.165, 1.54) is 0 Å². The molecule has 0 heterocycles. The lowest BCUT2D eigenvalue weighted by Crippen LogP contribution is -1.78. The van der Waals surface area contributed by atoms with E-state index in [1.807, 2.05) is 36.4 Å². The largest absolute Gasteiger partial charge is 0.506 e. The SMILES string of the molecule is CCc1ccc(O)c(N=Nc2ccc(I)cc2)c1. The number of benzene rings is 2. The molecule has 3 nitrogen and oxygen atoms in total. The van der Waals surface area contributed by atoms with Gasteiger partial charge in [0.25, 0.3) is 0 Å². The monoisotopic (exact) mass is 352 g/mol. The van der Waals surface area contributed by atoms with Crippen LogP contribution in [0.25, 0.3) is 0 Å². The number of azo groups is 1. The van der Waals surface area contributed by atoms with Crippen molar-refractivity contribution in [3.05, 3.63) is 51.6 Å². The second-order valence-corrected chi connectivity index (χ2v) is 5.10. The second-order valence-electron chi connectivity index (χ2n) is 3.85. The summed E-state index contributed by atoms with van der Waals surface area (Å²) >= 11 is 2.24. The van der Waals surface area contributed by atoms with Crippen LogP contribution >= 0.6 is 22.6 Å². The van der Waals surface area contributed by atoms with E-state index >= 15 is 0 Å². The lowest BCUT2D eigenvalue weighted by atomic mass is 10.1. The minimum atomic E-state index is 0.154. The maximum Gasteiger partial charge on any atom is 0.143 e. The van der Waals surface area contributed by atoms with E-state index in [0.29, 0.717) is 5.69 Å². The maximum absolute atomic E-state index is 9.70. The molecule has 1 N–H and O–H groups in total. The number of phenolic OH excluding ortho intramolecular Hbond substituents is 1. The molecule has 0 fully saturated rings. The van der Waals surface area contributed by atoms with Gasteiger partial charge in [-0.05, 0) is 71.0 Å². The van der Waals surface area contributed by atoms with Gasteiger partial charge >= 0.3 is 0 Å². The van der Waals surface area contributed by atoms with E-state index in [2.05, 4.69) is 39.7 Å². The summed E-state index contributed by atoms with van der Waals surface area (Å²) in [5, 5.41) is 17.9. The van der Waals surface area contributed by atoms with Crippen LogP contribution in [0.5, 0.6) is 5.75 Å². The normalized spacial score (nSPS) is 11.0. The molecule has 0 unspecified atom stereocenters. The van der Waals surface area contributed by atoms with Gasteiger partial charge in [0.1, 0.15) is 11.4 Å². The zero-order chi connectivity index (χ0) is 13.0. The molecule has 2 aromatic rings. The highest BCUT2D eigenvalue weighted by molar-refractivity contribution is 14.1. The number of nitrogens with zero attached hydrogens (tertiary/aromatic N) is 2. The van der Waals surface area contributed by atoms with E-state index in [4.69, 9.17) is 0 Å². The summed E-state index contributed by atoms with van der Waals surface area (Å²) in [5.74, 6) is 0.154. The van der Waals surface area contributed by atoms with Gasteiger partial charge in [0.05, 0.1) is 5.69 Å². The average molecular weight is 352 g/mol. The number of aromatic hydroxyl groups is 1. The van der Waals surface area contributed by atoms with Crippen LogP contribution in [0.3, 0.4) is 0 Å². The summed E-state index contributed by atoms with van der Waals surface area (Å²) in [7, 11) is 0. The fraction of sp³-hybridized carbons (Fsp3) is 0.143. The molecule has 0 radical (unpaired) electrons. The van der Waals surface area contributed by atoms with Crippen molar-refractivity contribution < 1.29 is 5.11 Å². The molecule has 2 aromatic carbocycles. The van der Waals surface area contributed by atoms with Gasteiger partial charge in [0.2, 0.25) is 0 Å². The standard InChI is InChI=1S/C14H13IN2O/c1-2-10-3-8-14(18)13(9-10)17-16-12-6-4-11(15)5-7-12/h3-9,18H,2H2,1H3. The van der Waals surface area contributed by atoms with Crippen LogP contribution in [0.1, 0.15) is 12.5 Å². The summed E-state index contributed by atoms with van der Waals surface area (Å²) in [5.41, 5.74) is 2.41. The Balaban J connectivity index is 2.25. The number of halogens is 1. The quantitative estimate of drug-likeness (QED) is 0.615. The predicted octanol–water partition coefficient (Wildman–Crippen LogP) is 4.97. The lowest BCUT2D eigenvalue weighted by molar-refractivity contribution is 0.476. The molecular formula is C14H13IN2O. The van der Waals surface area contributed by atoms with Crippen LogP contribution in [-0.2, 0) is 6.42 Å². The Bertz CT molecular complexity index is 565. The highest BCUT2D eigenvalue weighted by atomic mass is 127. The number of phenols is 1. The first-order chi connectivity index (χ1) is 8.69. The third kappa shape index (κ3) is 3.29. The molecule has 0 amide bonds. The van der Waals surface area contributed by atoms with Crippen LogP contribution in [0.2, 0.25) is 0 Å². The fourth-order valence-corrected chi connectivity index (χ4v) is 1.85. The Morgan fingerprint density at radius 2 is 1.78 bits per heavy atom. The average Bonchev–Trinajstić information content (AvgIpc) is 2.40. The van der Waals surface area contributed by atoms with Gasteiger partial charge in [-0.1, -0.05) is 13.0 Å². The van der Waals surface area contributed by atoms with Crippen molar-refractivity contribution in [2.75, 3.05) is 0 Å². The zero-order valence-corrected chi connectivity index (χ0v) is 12.1. The Morgan fingerprint density at radius 1 is 1.06 bits per heavy atom. The van der Waals surface area contributed by atoms with Gasteiger partial charge in [-0.15, -0.1) is 5.11 Å². The highest BCUT2D eigenvalue weighted by Gasteiger charge is 2.00. The number of aryl methyl sites for hydroxylation is 1. The summed E-state index contributed by atoms with van der Waals surface area (Å²) in [6, 6.07) is 13.1. The van der Waals surface area contributed by atoms with Crippen molar-refractivity contribution in [1.82, 2.24) is 0 Å². The molecule has 4 heteroatoms. The van der Waals surface area contributed by atoms with Crippen LogP contribution in [0, 0.1) is 3.57 Å². The van der Waals surface area contributed by atoms with Crippen molar-refractivity contribution >= 4 is 34.0 Å². The zero-order valence-electron chi connectivity index (χ0n) is 9.97. The first-order valence-electron chi connectivity index (χ1n) is 5.68. The summed E-state index contributed by atoms with van der Waals surface area (Å²) < 4.78 is 1.15. The predicted molar refractivity (Wildman–Crippen MR) is 80.8 cm³/mol. The van der Waals surface area contributed by atoms with Crippen LogP contribution in [0.4, 0.5) is 11.4 Å². The molecule has 0 saturated heterocycles. The van der Waals surface area contributed by atoms with Gasteiger partial charge in [-0.25, -0.2) is 0 Å². The summed E-state index contributed by atoms with van der Waals surface area (Å²) in [6.45, 7) is 2.06. The molecule has 0 saturated carbocycles. The van der Waals surface area contributed by atoms with E-state index < -0.39 is 0 Å². The second kappa shape index (κ2) is 5.95. The summed E-state index contributed by atoms with van der Waals surface area (Å²) in [6.07, 6.45) is 0.909. The third-order valence-electron chi connectivity index (χ3n) is 2.55. The molecule has 0 aromatic heterocycles. The van der Waals surface area contributed by atoms with Crippen LogP contribution in [0.15, 0.2) is 52.7 Å². The third-order valence-corrected chi connectivity index (χ3v) is 3.27. The van der Waals surface area contributed by atoms with Gasteiger partial charge < -0.3 is 5.11 Å². The van der Waals surface area contributed by atoms with Crippen LogP contribution < -0.4 is 0 Å².